The van der Waals surface area contributed by atoms with Gasteiger partial charge in [0.2, 0.25) is 0 Å². The Labute approximate surface area is 119 Å². The summed E-state index contributed by atoms with van der Waals surface area (Å²) >= 11 is 5.00. The quantitative estimate of drug-likeness (QED) is 0.921. The first kappa shape index (κ1) is 14.0. The molecule has 1 saturated heterocycles. The van der Waals surface area contributed by atoms with Crippen LogP contribution in [0, 0.1) is 0 Å². The van der Waals surface area contributed by atoms with Crippen LogP contribution < -0.4 is 0 Å². The summed E-state index contributed by atoms with van der Waals surface area (Å²) in [5.41, 5.74) is -1.19. The second-order valence-electron chi connectivity index (χ2n) is 4.51. The van der Waals surface area contributed by atoms with Crippen molar-refractivity contribution >= 4 is 33.6 Å². The van der Waals surface area contributed by atoms with Crippen molar-refractivity contribution in [2.24, 2.45) is 0 Å². The summed E-state index contributed by atoms with van der Waals surface area (Å²) in [5.74, 6) is 2.16. The smallest absolute Gasteiger partial charge is 0.254 e. The molecule has 1 amide bonds. The standard InChI is InChI=1S/C12H16BrNO3S/c1-14(8-9-2-3-10(13)17-9)11(15)12(16)4-6-18-7-5-12/h2-3,16H,4-8H2,1H3. The number of thioether (sulfide) groups is 1. The average molecular weight is 334 g/mol. The van der Waals surface area contributed by atoms with Gasteiger partial charge in [-0.15, -0.1) is 0 Å². The Hall–Kier alpha value is -0.460. The van der Waals surface area contributed by atoms with Gasteiger partial charge in [0.15, 0.2) is 4.67 Å². The van der Waals surface area contributed by atoms with Crippen LogP contribution in [-0.2, 0) is 11.3 Å². The van der Waals surface area contributed by atoms with Gasteiger partial charge in [0, 0.05) is 7.05 Å². The Bertz CT molecular complexity index is 429. The van der Waals surface area contributed by atoms with Crippen LogP contribution in [0.1, 0.15) is 18.6 Å². The number of likely N-dealkylation sites (N-methyl/N-ethyl adjacent to an activating group) is 1. The van der Waals surface area contributed by atoms with Gasteiger partial charge in [-0.2, -0.15) is 11.8 Å². The van der Waals surface area contributed by atoms with E-state index < -0.39 is 5.60 Å². The third-order valence-corrected chi connectivity index (χ3v) is 4.50. The minimum absolute atomic E-state index is 0.213. The van der Waals surface area contributed by atoms with Crippen LogP contribution in [0.15, 0.2) is 21.2 Å². The summed E-state index contributed by atoms with van der Waals surface area (Å²) in [4.78, 5) is 13.8. The molecule has 0 aliphatic carbocycles. The highest BCUT2D eigenvalue weighted by Gasteiger charge is 2.39. The van der Waals surface area contributed by atoms with E-state index in [0.29, 0.717) is 29.8 Å². The van der Waals surface area contributed by atoms with Gasteiger partial charge in [-0.3, -0.25) is 4.79 Å². The molecule has 6 heteroatoms. The van der Waals surface area contributed by atoms with Crippen molar-refractivity contribution in [2.45, 2.75) is 25.0 Å². The zero-order valence-electron chi connectivity index (χ0n) is 10.2. The molecule has 0 atom stereocenters. The number of hydrogen-bond donors (Lipinski definition) is 1. The van der Waals surface area contributed by atoms with Gasteiger partial charge in [-0.05, 0) is 52.4 Å². The highest BCUT2D eigenvalue weighted by molar-refractivity contribution is 9.10. The van der Waals surface area contributed by atoms with Gasteiger partial charge in [0.05, 0.1) is 6.54 Å². The molecular weight excluding hydrogens is 318 g/mol. The molecule has 4 nitrogen and oxygen atoms in total. The molecule has 1 aliphatic heterocycles. The lowest BCUT2D eigenvalue weighted by Gasteiger charge is -2.33. The molecular formula is C12H16BrNO3S. The number of carbonyl (C=O) groups excluding carboxylic acids is 1. The van der Waals surface area contributed by atoms with Crippen molar-refractivity contribution in [3.63, 3.8) is 0 Å². The second-order valence-corrected chi connectivity index (χ2v) is 6.52. The normalized spacial score (nSPS) is 18.6. The van der Waals surface area contributed by atoms with E-state index in [1.807, 2.05) is 6.07 Å². The lowest BCUT2D eigenvalue weighted by atomic mass is 9.95. The number of rotatable bonds is 3. The van der Waals surface area contributed by atoms with E-state index in [2.05, 4.69) is 15.9 Å². The maximum atomic E-state index is 12.2. The fourth-order valence-electron chi connectivity index (χ4n) is 2.02. The van der Waals surface area contributed by atoms with Crippen molar-refractivity contribution in [2.75, 3.05) is 18.6 Å². The molecule has 0 spiro atoms. The molecule has 0 radical (unpaired) electrons. The van der Waals surface area contributed by atoms with Crippen LogP contribution in [0.3, 0.4) is 0 Å². The molecule has 2 rings (SSSR count). The summed E-state index contributed by atoms with van der Waals surface area (Å²) in [6, 6.07) is 3.61. The molecule has 1 aliphatic rings. The fourth-order valence-corrected chi connectivity index (χ4v) is 3.53. The number of aliphatic hydroxyl groups is 1. The molecule has 0 aromatic carbocycles. The topological polar surface area (TPSA) is 53.7 Å². The molecule has 0 bridgehead atoms. The lowest BCUT2D eigenvalue weighted by Crippen LogP contribution is -2.49. The van der Waals surface area contributed by atoms with Crippen molar-refractivity contribution in [1.82, 2.24) is 4.90 Å². The number of hydrogen-bond acceptors (Lipinski definition) is 4. The SMILES string of the molecule is CN(Cc1ccc(Br)o1)C(=O)C1(O)CCSCC1. The van der Waals surface area contributed by atoms with E-state index in [4.69, 9.17) is 4.42 Å². The van der Waals surface area contributed by atoms with Crippen molar-refractivity contribution < 1.29 is 14.3 Å². The van der Waals surface area contributed by atoms with Crippen molar-refractivity contribution in [3.8, 4) is 0 Å². The first-order valence-electron chi connectivity index (χ1n) is 5.81. The van der Waals surface area contributed by atoms with E-state index >= 15 is 0 Å². The van der Waals surface area contributed by atoms with Gasteiger partial charge in [0.25, 0.3) is 5.91 Å². The maximum absolute atomic E-state index is 12.2. The van der Waals surface area contributed by atoms with Gasteiger partial charge >= 0.3 is 0 Å². The summed E-state index contributed by atoms with van der Waals surface area (Å²) in [7, 11) is 1.69. The minimum Gasteiger partial charge on any atom is -0.452 e. The van der Waals surface area contributed by atoms with Crippen LogP contribution in [0.2, 0.25) is 0 Å². The summed E-state index contributed by atoms with van der Waals surface area (Å²) < 4.78 is 6.01. The van der Waals surface area contributed by atoms with Crippen LogP contribution >= 0.6 is 27.7 Å². The van der Waals surface area contributed by atoms with E-state index in [1.54, 1.807) is 24.9 Å². The third kappa shape index (κ3) is 3.10. The molecule has 2 heterocycles. The predicted molar refractivity (Wildman–Crippen MR) is 74.4 cm³/mol. The molecule has 100 valence electrons. The van der Waals surface area contributed by atoms with E-state index in [0.717, 1.165) is 11.5 Å². The van der Waals surface area contributed by atoms with Gasteiger partial charge in [0.1, 0.15) is 11.4 Å². The van der Waals surface area contributed by atoms with Crippen LogP contribution in [0.25, 0.3) is 0 Å². The Kier molecular flexibility index (Phi) is 4.40. The largest absolute Gasteiger partial charge is 0.452 e. The predicted octanol–water partition coefficient (Wildman–Crippen LogP) is 2.26. The molecule has 1 fully saturated rings. The summed E-state index contributed by atoms with van der Waals surface area (Å²) in [6.07, 6.45) is 1.06. The number of carbonyl (C=O) groups is 1. The highest BCUT2D eigenvalue weighted by Crippen LogP contribution is 2.29. The van der Waals surface area contributed by atoms with Crippen molar-refractivity contribution in [1.29, 1.82) is 0 Å². The van der Waals surface area contributed by atoms with Crippen LogP contribution in [0.4, 0.5) is 0 Å². The molecule has 18 heavy (non-hydrogen) atoms. The molecule has 0 unspecified atom stereocenters. The van der Waals surface area contributed by atoms with Crippen LogP contribution in [0.5, 0.6) is 0 Å². The Balaban J connectivity index is 1.99. The Morgan fingerprint density at radius 1 is 1.56 bits per heavy atom. The van der Waals surface area contributed by atoms with E-state index in [9.17, 15) is 9.90 Å². The van der Waals surface area contributed by atoms with E-state index in [1.165, 1.54) is 4.90 Å². The zero-order valence-corrected chi connectivity index (χ0v) is 12.6. The third-order valence-electron chi connectivity index (χ3n) is 3.09. The summed E-state index contributed by atoms with van der Waals surface area (Å²) in [6.45, 7) is 0.375. The maximum Gasteiger partial charge on any atom is 0.254 e. The fraction of sp³-hybridized carbons (Fsp3) is 0.583. The average Bonchev–Trinajstić information content (AvgIpc) is 2.74. The van der Waals surface area contributed by atoms with Gasteiger partial charge in [-0.1, -0.05) is 0 Å². The first-order chi connectivity index (χ1) is 8.51. The Morgan fingerprint density at radius 3 is 2.78 bits per heavy atom. The number of amides is 1. The summed E-state index contributed by atoms with van der Waals surface area (Å²) in [5, 5.41) is 10.3. The zero-order chi connectivity index (χ0) is 13.2. The minimum atomic E-state index is -1.19. The molecule has 0 saturated carbocycles. The number of nitrogens with zero attached hydrogens (tertiary/aromatic N) is 1. The lowest BCUT2D eigenvalue weighted by molar-refractivity contribution is -0.151. The van der Waals surface area contributed by atoms with Gasteiger partial charge in [-0.25, -0.2) is 0 Å². The monoisotopic (exact) mass is 333 g/mol. The van der Waals surface area contributed by atoms with Crippen LogP contribution in [-0.4, -0.2) is 40.1 Å². The van der Waals surface area contributed by atoms with E-state index in [-0.39, 0.29) is 5.91 Å². The molecule has 1 aromatic heterocycles. The Morgan fingerprint density at radius 2 is 2.22 bits per heavy atom. The molecule has 1 aromatic rings. The highest BCUT2D eigenvalue weighted by atomic mass is 79.9. The number of furan rings is 1. The molecule has 1 N–H and O–H groups in total. The first-order valence-corrected chi connectivity index (χ1v) is 7.76. The van der Waals surface area contributed by atoms with Crippen molar-refractivity contribution in [3.05, 3.63) is 22.6 Å². The number of halogens is 1. The van der Waals surface area contributed by atoms with Gasteiger partial charge < -0.3 is 14.4 Å². The second kappa shape index (κ2) is 5.67.